The second kappa shape index (κ2) is 19.2. The molecule has 1 aromatic rings. The van der Waals surface area contributed by atoms with E-state index in [2.05, 4.69) is 99.6 Å². The summed E-state index contributed by atoms with van der Waals surface area (Å²) in [5.74, 6) is -1.17. The van der Waals surface area contributed by atoms with Crippen LogP contribution in [0.25, 0.3) is 6.08 Å². The van der Waals surface area contributed by atoms with Gasteiger partial charge in [-0.05, 0) is 107 Å². The number of carboxylic acid groups (broad SMARTS) is 1. The molecule has 51 heavy (non-hydrogen) atoms. The van der Waals surface area contributed by atoms with Crippen molar-refractivity contribution in [1.29, 1.82) is 0 Å². The van der Waals surface area contributed by atoms with Gasteiger partial charge in [0, 0.05) is 16.7 Å². The molecular weight excluding hydrogens is 691 g/mol. The Balaban J connectivity index is 3.34. The van der Waals surface area contributed by atoms with Crippen molar-refractivity contribution in [2.75, 3.05) is 0 Å². The van der Waals surface area contributed by atoms with Gasteiger partial charge in [-0.3, -0.25) is 9.59 Å². The number of allylic oxidation sites excluding steroid dienone is 1. The summed E-state index contributed by atoms with van der Waals surface area (Å²) in [6.07, 6.45) is 7.09. The zero-order valence-electron chi connectivity index (χ0n) is 35.5. The number of Topliss-reactive ketones (excluding diaryl/α,β-unsaturated/α-hetero) is 1. The van der Waals surface area contributed by atoms with Crippen LogP contribution in [0.2, 0.25) is 36.3 Å². The minimum Gasteiger partial charge on any atom is -0.481 e. The van der Waals surface area contributed by atoms with E-state index in [4.69, 9.17) is 8.85 Å². The Kier molecular flexibility index (Phi) is 18.0. The molecule has 1 heterocycles. The number of aryl methyl sites for hydroxylation is 1. The van der Waals surface area contributed by atoms with Gasteiger partial charge in [-0.1, -0.05) is 87.3 Å². The number of hydrogen-bond acceptors (Lipinski definition) is 7. The zero-order chi connectivity index (χ0) is 39.8. The minimum absolute atomic E-state index is 0.0390. The van der Waals surface area contributed by atoms with Crippen LogP contribution in [0.3, 0.4) is 0 Å². The molecule has 0 saturated heterocycles. The van der Waals surface area contributed by atoms with E-state index < -0.39 is 40.2 Å². The Hall–Kier alpha value is -1.44. The number of carbonyl (C=O) groups excluding carboxylic acids is 1. The van der Waals surface area contributed by atoms with E-state index in [0.29, 0.717) is 12.8 Å². The molecule has 0 bridgehead atoms. The lowest BCUT2D eigenvalue weighted by atomic mass is 9.71. The number of aliphatic hydroxyl groups excluding tert-OH is 1. The Bertz CT molecular complexity index is 1330. The molecule has 10 heteroatoms. The highest BCUT2D eigenvalue weighted by Gasteiger charge is 2.50. The van der Waals surface area contributed by atoms with E-state index in [1.54, 1.807) is 11.3 Å². The number of ketones is 1. The van der Waals surface area contributed by atoms with Crippen molar-refractivity contribution in [1.82, 2.24) is 4.98 Å². The van der Waals surface area contributed by atoms with Crippen LogP contribution in [0.4, 0.5) is 0 Å². The molecule has 294 valence electrons. The number of carbonyl (C=O) groups is 2. The SMILES string of the molecule is CCC[C@@H](C(=O)C(C)(C)C(CC(=O)O)O[Si](C)(C)C(C)(C)C)[C@@H](O[Si](C)(C)C(C)(C)C)C(C)CCCC(C)=CC[C@H](O)/C(C)=C/c1csc(C)n1. The Labute approximate surface area is 318 Å². The van der Waals surface area contributed by atoms with E-state index in [-0.39, 0.29) is 40.2 Å². The number of thiazole rings is 1. The summed E-state index contributed by atoms with van der Waals surface area (Å²) in [5, 5.41) is 23.6. The fraction of sp³-hybridized carbons (Fsp3) is 0.780. The molecule has 0 aromatic carbocycles. The molecule has 0 aliphatic carbocycles. The molecule has 1 rings (SSSR count). The molecule has 7 nitrogen and oxygen atoms in total. The van der Waals surface area contributed by atoms with Gasteiger partial charge >= 0.3 is 5.97 Å². The molecular formula is C41H75NO6SSi2. The molecule has 0 amide bonds. The minimum atomic E-state index is -2.39. The summed E-state index contributed by atoms with van der Waals surface area (Å²) < 4.78 is 14.0. The summed E-state index contributed by atoms with van der Waals surface area (Å²) in [5.41, 5.74) is 2.01. The van der Waals surface area contributed by atoms with Crippen LogP contribution in [-0.2, 0) is 18.4 Å². The second-order valence-corrected chi connectivity index (χ2v) is 29.2. The first-order chi connectivity index (χ1) is 23.1. The summed E-state index contributed by atoms with van der Waals surface area (Å²) >= 11 is 1.61. The number of aromatic nitrogens is 1. The van der Waals surface area contributed by atoms with Crippen LogP contribution in [0, 0.1) is 24.2 Å². The number of aliphatic carboxylic acids is 1. The first-order valence-corrected chi connectivity index (χ1v) is 25.8. The van der Waals surface area contributed by atoms with Crippen molar-refractivity contribution < 1.29 is 28.7 Å². The van der Waals surface area contributed by atoms with Gasteiger partial charge in [0.2, 0.25) is 0 Å². The fourth-order valence-corrected chi connectivity index (χ4v) is 9.33. The van der Waals surface area contributed by atoms with Crippen molar-refractivity contribution in [3.05, 3.63) is 33.3 Å². The van der Waals surface area contributed by atoms with Gasteiger partial charge in [0.1, 0.15) is 5.78 Å². The molecule has 0 aliphatic heterocycles. The molecule has 5 atom stereocenters. The van der Waals surface area contributed by atoms with Gasteiger partial charge in [-0.15, -0.1) is 11.3 Å². The zero-order valence-corrected chi connectivity index (χ0v) is 38.3. The summed E-state index contributed by atoms with van der Waals surface area (Å²) in [6, 6.07) is 0. The number of nitrogens with zero attached hydrogens (tertiary/aromatic N) is 1. The van der Waals surface area contributed by atoms with Gasteiger partial charge in [0.05, 0.1) is 35.4 Å². The molecule has 2 N–H and O–H groups in total. The maximum Gasteiger partial charge on any atom is 0.305 e. The van der Waals surface area contributed by atoms with Gasteiger partial charge in [0.15, 0.2) is 16.6 Å². The molecule has 0 aliphatic rings. The number of carboxylic acids is 1. The number of rotatable bonds is 21. The lowest BCUT2D eigenvalue weighted by Crippen LogP contribution is -2.55. The second-order valence-electron chi connectivity index (χ2n) is 18.6. The lowest BCUT2D eigenvalue weighted by Gasteiger charge is -2.47. The third kappa shape index (κ3) is 14.4. The highest BCUT2D eigenvalue weighted by atomic mass is 32.1. The smallest absolute Gasteiger partial charge is 0.305 e. The Morgan fingerprint density at radius 1 is 0.961 bits per heavy atom. The third-order valence-electron chi connectivity index (χ3n) is 11.6. The molecule has 0 radical (unpaired) electrons. The largest absolute Gasteiger partial charge is 0.481 e. The average Bonchev–Trinajstić information content (AvgIpc) is 3.39. The predicted octanol–water partition coefficient (Wildman–Crippen LogP) is 11.6. The van der Waals surface area contributed by atoms with Crippen molar-refractivity contribution in [3.63, 3.8) is 0 Å². The first-order valence-electron chi connectivity index (χ1n) is 19.1. The van der Waals surface area contributed by atoms with E-state index in [9.17, 15) is 19.8 Å². The topological polar surface area (TPSA) is 106 Å². The monoisotopic (exact) mass is 765 g/mol. The van der Waals surface area contributed by atoms with Gasteiger partial charge in [0.25, 0.3) is 0 Å². The number of aliphatic hydroxyl groups is 1. The van der Waals surface area contributed by atoms with Crippen molar-refractivity contribution in [2.45, 2.75) is 190 Å². The van der Waals surface area contributed by atoms with E-state index in [1.165, 1.54) is 5.57 Å². The highest BCUT2D eigenvalue weighted by Crippen LogP contribution is 2.45. The van der Waals surface area contributed by atoms with Crippen LogP contribution in [-0.4, -0.2) is 61.9 Å². The van der Waals surface area contributed by atoms with Gasteiger partial charge in [-0.25, -0.2) is 4.98 Å². The Morgan fingerprint density at radius 3 is 1.98 bits per heavy atom. The van der Waals surface area contributed by atoms with Crippen LogP contribution in [0.15, 0.2) is 22.6 Å². The van der Waals surface area contributed by atoms with Gasteiger partial charge in [-0.2, -0.15) is 0 Å². The van der Waals surface area contributed by atoms with E-state index >= 15 is 0 Å². The molecule has 0 spiro atoms. The predicted molar refractivity (Wildman–Crippen MR) is 221 cm³/mol. The molecule has 1 aromatic heterocycles. The van der Waals surface area contributed by atoms with Gasteiger partial charge < -0.3 is 19.1 Å². The maximum atomic E-state index is 14.9. The summed E-state index contributed by atoms with van der Waals surface area (Å²) in [6.45, 7) is 36.0. The quantitative estimate of drug-likeness (QED) is 0.0948. The first kappa shape index (κ1) is 47.6. The molecule has 0 saturated carbocycles. The standard InChI is InChI=1S/C41H75NO6SSi2/c1-18-20-33(38(46)41(12,13)35(26-36(44)45)47-50(14,15)39(6,7)8)37(48-51(16,17)40(9,10)11)29(3)22-19-21-28(2)23-24-34(43)30(4)25-32-27-49-31(5)42-32/h23,25,27,29,33-35,37,43H,18-22,24,26H2,1-17H3,(H,44,45)/b28-23?,30-25+/t29?,33-,34+,35?,37+/m1/s1. The lowest BCUT2D eigenvalue weighted by molar-refractivity contribution is -0.147. The molecule has 2 unspecified atom stereocenters. The fourth-order valence-electron chi connectivity index (χ4n) is 5.88. The van der Waals surface area contributed by atoms with Crippen molar-refractivity contribution >= 4 is 45.8 Å². The van der Waals surface area contributed by atoms with E-state index in [0.717, 1.165) is 42.0 Å². The van der Waals surface area contributed by atoms with Crippen LogP contribution in [0.1, 0.15) is 139 Å². The van der Waals surface area contributed by atoms with Crippen LogP contribution < -0.4 is 0 Å². The maximum absolute atomic E-state index is 14.9. The summed E-state index contributed by atoms with van der Waals surface area (Å²) in [7, 11) is -4.68. The van der Waals surface area contributed by atoms with E-state index in [1.807, 2.05) is 39.2 Å². The molecule has 0 fully saturated rings. The van der Waals surface area contributed by atoms with Crippen LogP contribution in [0.5, 0.6) is 0 Å². The Morgan fingerprint density at radius 2 is 1.51 bits per heavy atom. The van der Waals surface area contributed by atoms with Crippen molar-refractivity contribution in [2.24, 2.45) is 17.3 Å². The number of hydrogen-bond donors (Lipinski definition) is 2. The highest BCUT2D eigenvalue weighted by molar-refractivity contribution is 7.09. The van der Waals surface area contributed by atoms with Crippen molar-refractivity contribution in [3.8, 4) is 0 Å². The third-order valence-corrected chi connectivity index (χ3v) is 21.4. The summed E-state index contributed by atoms with van der Waals surface area (Å²) in [4.78, 5) is 31.6. The average molecular weight is 766 g/mol. The normalized spacial score (nSPS) is 17.2. The van der Waals surface area contributed by atoms with Crippen LogP contribution >= 0.6 is 11.3 Å².